The van der Waals surface area contributed by atoms with Gasteiger partial charge in [0.25, 0.3) is 0 Å². The van der Waals surface area contributed by atoms with Crippen LogP contribution < -0.4 is 4.90 Å². The van der Waals surface area contributed by atoms with Crippen molar-refractivity contribution in [3.8, 4) is 6.07 Å². The molecule has 1 atom stereocenters. The lowest BCUT2D eigenvalue weighted by Gasteiger charge is -2.41. The quantitative estimate of drug-likeness (QED) is 0.521. The minimum absolute atomic E-state index is 0.0117. The number of allylic oxidation sites excluding steroid dienone is 3. The smallest absolute Gasteiger partial charge is 0.161 e. The van der Waals surface area contributed by atoms with Crippen LogP contribution in [0.15, 0.2) is 84.1 Å². The van der Waals surface area contributed by atoms with Crippen LogP contribution in [0, 0.1) is 17.1 Å². The van der Waals surface area contributed by atoms with Gasteiger partial charge in [-0.1, -0.05) is 17.7 Å². The summed E-state index contributed by atoms with van der Waals surface area (Å²) < 4.78 is 15.8. The molecule has 5 rings (SSSR count). The van der Waals surface area contributed by atoms with Gasteiger partial charge in [-0.3, -0.25) is 14.7 Å². The third-order valence-electron chi connectivity index (χ3n) is 5.88. The molecule has 3 heterocycles. The van der Waals surface area contributed by atoms with Crippen molar-refractivity contribution >= 4 is 28.9 Å². The molecule has 1 aliphatic carbocycles. The number of hydrogen-bond donors (Lipinski definition) is 0. The molecule has 0 bridgehead atoms. The molecule has 0 saturated carbocycles. The van der Waals surface area contributed by atoms with Crippen LogP contribution in [0.25, 0.3) is 5.82 Å². The van der Waals surface area contributed by atoms with E-state index < -0.39 is 11.7 Å². The van der Waals surface area contributed by atoms with E-state index in [0.717, 1.165) is 11.3 Å². The molecule has 2 aliphatic rings. The molecule has 1 aliphatic heterocycles. The van der Waals surface area contributed by atoms with Gasteiger partial charge in [-0.05, 0) is 54.8 Å². The highest BCUT2D eigenvalue weighted by Crippen LogP contribution is 2.48. The number of hydrogen-bond acceptors (Lipinski definition) is 4. The average molecular weight is 445 g/mol. The van der Waals surface area contributed by atoms with Crippen molar-refractivity contribution in [2.45, 2.75) is 25.2 Å². The summed E-state index contributed by atoms with van der Waals surface area (Å²) in [6.45, 7) is 0. The number of nitriles is 1. The number of nitrogens with zero attached hydrogens (tertiary/aromatic N) is 4. The molecule has 0 radical (unpaired) electrons. The number of benzene rings is 1. The Morgan fingerprint density at radius 1 is 1.16 bits per heavy atom. The van der Waals surface area contributed by atoms with E-state index in [1.54, 1.807) is 24.5 Å². The van der Waals surface area contributed by atoms with Crippen LogP contribution in [-0.4, -0.2) is 15.3 Å². The van der Waals surface area contributed by atoms with E-state index >= 15 is 0 Å². The molecule has 0 spiro atoms. The Bertz CT molecular complexity index is 1310. The Morgan fingerprint density at radius 3 is 2.66 bits per heavy atom. The maximum Gasteiger partial charge on any atom is 0.161 e. The fourth-order valence-electron chi connectivity index (χ4n) is 4.56. The molecule has 0 N–H and O–H groups in total. The lowest BCUT2D eigenvalue weighted by Crippen LogP contribution is -2.36. The van der Waals surface area contributed by atoms with Crippen LogP contribution in [-0.2, 0) is 4.79 Å². The number of carbonyl (C=O) groups is 1. The summed E-state index contributed by atoms with van der Waals surface area (Å²) >= 11 is 6.12. The van der Waals surface area contributed by atoms with Gasteiger partial charge >= 0.3 is 0 Å². The van der Waals surface area contributed by atoms with Gasteiger partial charge in [0, 0.05) is 48.2 Å². The van der Waals surface area contributed by atoms with Gasteiger partial charge in [0.1, 0.15) is 11.6 Å². The van der Waals surface area contributed by atoms with E-state index in [1.807, 2.05) is 40.1 Å². The zero-order valence-corrected chi connectivity index (χ0v) is 17.8. The number of aromatic nitrogens is 2. The van der Waals surface area contributed by atoms with Crippen molar-refractivity contribution < 1.29 is 9.18 Å². The SMILES string of the molecule is N#CC1=C(n2cccc2)N(c2ccc(F)c(Cl)c2)C2=C(C(=O)CCC2)[C@H]1c1cccnc1. The number of pyridine rings is 1. The van der Waals surface area contributed by atoms with Gasteiger partial charge in [0.2, 0.25) is 0 Å². The summed E-state index contributed by atoms with van der Waals surface area (Å²) in [6, 6.07) is 14.2. The highest BCUT2D eigenvalue weighted by molar-refractivity contribution is 6.31. The van der Waals surface area contributed by atoms with Crippen molar-refractivity contribution in [3.63, 3.8) is 0 Å². The van der Waals surface area contributed by atoms with Crippen molar-refractivity contribution in [1.29, 1.82) is 5.26 Å². The summed E-state index contributed by atoms with van der Waals surface area (Å²) in [4.78, 5) is 19.3. The molecule has 7 heteroatoms. The largest absolute Gasteiger partial charge is 0.309 e. The normalized spacial score (nSPS) is 18.6. The van der Waals surface area contributed by atoms with Gasteiger partial charge in [-0.2, -0.15) is 5.26 Å². The molecule has 3 aromatic rings. The number of rotatable bonds is 3. The number of halogens is 2. The van der Waals surface area contributed by atoms with Gasteiger partial charge in [-0.15, -0.1) is 0 Å². The first-order chi connectivity index (χ1) is 15.6. The lowest BCUT2D eigenvalue weighted by atomic mass is 9.76. The van der Waals surface area contributed by atoms with Crippen molar-refractivity contribution in [1.82, 2.24) is 9.55 Å². The number of anilines is 1. The minimum Gasteiger partial charge on any atom is -0.309 e. The minimum atomic E-state index is -0.527. The van der Waals surface area contributed by atoms with E-state index in [-0.39, 0.29) is 10.8 Å². The average Bonchev–Trinajstić information content (AvgIpc) is 3.35. The van der Waals surface area contributed by atoms with Gasteiger partial charge in [-0.25, -0.2) is 4.39 Å². The van der Waals surface area contributed by atoms with Crippen molar-refractivity contribution in [2.24, 2.45) is 0 Å². The molecule has 158 valence electrons. The van der Waals surface area contributed by atoms with E-state index in [9.17, 15) is 14.4 Å². The Morgan fingerprint density at radius 2 is 1.97 bits per heavy atom. The van der Waals surface area contributed by atoms with E-state index in [1.165, 1.54) is 12.1 Å². The number of ketones is 1. The first-order valence-electron chi connectivity index (χ1n) is 10.3. The molecule has 0 saturated heterocycles. The van der Waals surface area contributed by atoms with Crippen molar-refractivity contribution in [2.75, 3.05) is 4.90 Å². The van der Waals surface area contributed by atoms with Gasteiger partial charge < -0.3 is 4.57 Å². The van der Waals surface area contributed by atoms with Crippen LogP contribution in [0.3, 0.4) is 0 Å². The Labute approximate surface area is 189 Å². The van der Waals surface area contributed by atoms with Crippen LogP contribution in [0.4, 0.5) is 10.1 Å². The molecule has 0 amide bonds. The van der Waals surface area contributed by atoms with E-state index in [4.69, 9.17) is 11.6 Å². The second-order valence-electron chi connectivity index (χ2n) is 7.73. The molecule has 32 heavy (non-hydrogen) atoms. The van der Waals surface area contributed by atoms with E-state index in [0.29, 0.717) is 41.9 Å². The third-order valence-corrected chi connectivity index (χ3v) is 6.17. The molecule has 2 aromatic heterocycles. The van der Waals surface area contributed by atoms with E-state index in [2.05, 4.69) is 11.1 Å². The maximum atomic E-state index is 14.0. The summed E-state index contributed by atoms with van der Waals surface area (Å²) in [7, 11) is 0. The summed E-state index contributed by atoms with van der Waals surface area (Å²) in [5.74, 6) is -0.442. The first kappa shape index (κ1) is 20.2. The molecule has 0 unspecified atom stereocenters. The highest BCUT2D eigenvalue weighted by atomic mass is 35.5. The highest BCUT2D eigenvalue weighted by Gasteiger charge is 2.41. The number of carbonyl (C=O) groups excluding carboxylic acids is 1. The summed E-state index contributed by atoms with van der Waals surface area (Å²) in [5.41, 5.74) is 3.20. The van der Waals surface area contributed by atoms with Crippen LogP contribution in [0.1, 0.15) is 30.7 Å². The zero-order valence-electron chi connectivity index (χ0n) is 17.0. The van der Waals surface area contributed by atoms with Crippen molar-refractivity contribution in [3.05, 3.63) is 100 Å². The molecule has 5 nitrogen and oxygen atoms in total. The lowest BCUT2D eigenvalue weighted by molar-refractivity contribution is -0.116. The second-order valence-corrected chi connectivity index (χ2v) is 8.14. The van der Waals surface area contributed by atoms with Gasteiger partial charge in [0.05, 0.1) is 22.6 Å². The fraction of sp³-hybridized carbons (Fsp3) is 0.160. The monoisotopic (exact) mass is 444 g/mol. The molecule has 0 fully saturated rings. The Hall–Kier alpha value is -3.69. The Balaban J connectivity index is 1.85. The first-order valence-corrected chi connectivity index (χ1v) is 10.7. The second kappa shape index (κ2) is 8.10. The van der Waals surface area contributed by atoms with Crippen LogP contribution in [0.2, 0.25) is 5.02 Å². The van der Waals surface area contributed by atoms with Gasteiger partial charge in [0.15, 0.2) is 5.78 Å². The van der Waals surface area contributed by atoms with Crippen LogP contribution >= 0.6 is 11.6 Å². The standard InChI is InChI=1S/C25H18ClFN4O/c26-19-13-17(8-9-20(19)27)31-21-6-3-7-22(32)24(21)23(16-5-4-10-29-15-16)18(14-28)25(31)30-11-1-2-12-30/h1-2,4-5,8-13,15,23H,3,6-7H2/t23-/m0/s1. The summed E-state index contributed by atoms with van der Waals surface area (Å²) in [5, 5.41) is 10.3. The predicted octanol–water partition coefficient (Wildman–Crippen LogP) is 5.68. The zero-order chi connectivity index (χ0) is 22.2. The third kappa shape index (κ3) is 3.22. The topological polar surface area (TPSA) is 61.9 Å². The predicted molar refractivity (Wildman–Crippen MR) is 120 cm³/mol. The number of Topliss-reactive ketones (excluding diaryl/α,β-unsaturated/α-hetero) is 1. The maximum absolute atomic E-state index is 14.0. The Kier molecular flexibility index (Phi) is 5.12. The summed E-state index contributed by atoms with van der Waals surface area (Å²) in [6.07, 6.45) is 8.83. The molecule has 1 aromatic carbocycles. The van der Waals surface area contributed by atoms with Crippen LogP contribution in [0.5, 0.6) is 0 Å². The molecular formula is C25H18ClFN4O. The fourth-order valence-corrected chi connectivity index (χ4v) is 4.73. The molecular weight excluding hydrogens is 427 g/mol.